The molecule has 0 aromatic carbocycles. The largest absolute Gasteiger partial charge is 0.481 e. The molecule has 1 aliphatic heterocycles. The Morgan fingerprint density at radius 1 is 1.43 bits per heavy atom. The van der Waals surface area contributed by atoms with Crippen molar-refractivity contribution in [3.8, 4) is 0 Å². The number of carbonyl (C=O) groups excluding carboxylic acids is 1. The molecule has 4 heteroatoms. The van der Waals surface area contributed by atoms with Gasteiger partial charge in [-0.15, -0.1) is 0 Å². The molecule has 78 valence electrons. The molecule has 1 saturated carbocycles. The van der Waals surface area contributed by atoms with Crippen LogP contribution in [-0.2, 0) is 9.59 Å². The van der Waals surface area contributed by atoms with E-state index in [1.54, 1.807) is 0 Å². The van der Waals surface area contributed by atoms with Crippen molar-refractivity contribution in [2.45, 2.75) is 38.1 Å². The van der Waals surface area contributed by atoms with Gasteiger partial charge in [0.2, 0.25) is 5.91 Å². The van der Waals surface area contributed by atoms with Crippen molar-refractivity contribution in [2.75, 3.05) is 6.54 Å². The summed E-state index contributed by atoms with van der Waals surface area (Å²) in [6.07, 6.45) is 3.91. The lowest BCUT2D eigenvalue weighted by atomic mass is 9.94. The molecule has 2 rings (SSSR count). The Hall–Kier alpha value is -1.06. The van der Waals surface area contributed by atoms with Crippen LogP contribution in [0.4, 0.5) is 0 Å². The van der Waals surface area contributed by atoms with Crippen molar-refractivity contribution in [1.29, 1.82) is 0 Å². The highest BCUT2D eigenvalue weighted by Crippen LogP contribution is 2.32. The summed E-state index contributed by atoms with van der Waals surface area (Å²) in [6.45, 7) is 0.833. The molecule has 1 heterocycles. The molecule has 0 aromatic rings. The molecule has 1 atom stereocenters. The quantitative estimate of drug-likeness (QED) is 0.730. The number of carboxylic acid groups (broad SMARTS) is 1. The molecule has 1 unspecified atom stereocenters. The number of nitrogens with zero attached hydrogens (tertiary/aromatic N) is 1. The summed E-state index contributed by atoms with van der Waals surface area (Å²) in [7, 11) is 0. The molecule has 14 heavy (non-hydrogen) atoms. The molecule has 0 aromatic heterocycles. The molecule has 0 radical (unpaired) electrons. The van der Waals surface area contributed by atoms with Gasteiger partial charge < -0.3 is 10.0 Å². The van der Waals surface area contributed by atoms with E-state index in [1.807, 2.05) is 4.90 Å². The molecule has 1 amide bonds. The second-order valence-electron chi connectivity index (χ2n) is 4.20. The molecular weight excluding hydrogens is 182 g/mol. The van der Waals surface area contributed by atoms with Crippen molar-refractivity contribution in [2.24, 2.45) is 5.92 Å². The monoisotopic (exact) mass is 197 g/mol. The number of amides is 1. The first-order chi connectivity index (χ1) is 6.68. The Morgan fingerprint density at radius 3 is 2.71 bits per heavy atom. The van der Waals surface area contributed by atoms with Gasteiger partial charge in [0, 0.05) is 18.5 Å². The molecule has 2 fully saturated rings. The summed E-state index contributed by atoms with van der Waals surface area (Å²) in [6, 6.07) is 0.430. The fourth-order valence-corrected chi connectivity index (χ4v) is 2.13. The molecule has 4 nitrogen and oxygen atoms in total. The summed E-state index contributed by atoms with van der Waals surface area (Å²) in [5, 5.41) is 8.65. The van der Waals surface area contributed by atoms with Gasteiger partial charge in [-0.3, -0.25) is 9.59 Å². The second-order valence-corrected chi connectivity index (χ2v) is 4.20. The number of likely N-dealkylation sites (tertiary alicyclic amines) is 1. The van der Waals surface area contributed by atoms with Gasteiger partial charge >= 0.3 is 5.97 Å². The Labute approximate surface area is 82.9 Å². The highest BCUT2D eigenvalue weighted by molar-refractivity contribution is 5.84. The highest BCUT2D eigenvalue weighted by Gasteiger charge is 2.38. The third-order valence-electron chi connectivity index (χ3n) is 2.99. The first kappa shape index (κ1) is 9.49. The Kier molecular flexibility index (Phi) is 2.44. The van der Waals surface area contributed by atoms with E-state index in [4.69, 9.17) is 5.11 Å². The van der Waals surface area contributed by atoms with Crippen LogP contribution in [0.25, 0.3) is 0 Å². The lowest BCUT2D eigenvalue weighted by Gasteiger charge is -2.31. The van der Waals surface area contributed by atoms with Crippen LogP contribution in [0.1, 0.15) is 32.1 Å². The molecular formula is C10H15NO3. The van der Waals surface area contributed by atoms with Crippen LogP contribution in [0.15, 0.2) is 0 Å². The van der Waals surface area contributed by atoms with Gasteiger partial charge in [0.1, 0.15) is 0 Å². The van der Waals surface area contributed by atoms with Crippen LogP contribution in [0.5, 0.6) is 0 Å². The fourth-order valence-electron chi connectivity index (χ4n) is 2.13. The van der Waals surface area contributed by atoms with E-state index in [0.717, 1.165) is 32.2 Å². The van der Waals surface area contributed by atoms with Crippen molar-refractivity contribution >= 4 is 11.9 Å². The highest BCUT2D eigenvalue weighted by atomic mass is 16.4. The minimum atomic E-state index is -0.860. The maximum Gasteiger partial charge on any atom is 0.304 e. The lowest BCUT2D eigenvalue weighted by molar-refractivity contribution is -0.147. The predicted molar refractivity (Wildman–Crippen MR) is 49.7 cm³/mol. The van der Waals surface area contributed by atoms with Crippen LogP contribution < -0.4 is 0 Å². The second kappa shape index (κ2) is 3.59. The van der Waals surface area contributed by atoms with Crippen LogP contribution in [0, 0.1) is 5.92 Å². The van der Waals surface area contributed by atoms with E-state index in [-0.39, 0.29) is 18.2 Å². The van der Waals surface area contributed by atoms with Gasteiger partial charge in [0.25, 0.3) is 0 Å². The summed E-state index contributed by atoms with van der Waals surface area (Å²) < 4.78 is 0. The molecule has 0 spiro atoms. The van der Waals surface area contributed by atoms with E-state index in [0.29, 0.717) is 6.04 Å². The first-order valence-electron chi connectivity index (χ1n) is 5.21. The number of carbonyl (C=O) groups is 2. The van der Waals surface area contributed by atoms with Crippen LogP contribution in [-0.4, -0.2) is 34.5 Å². The third-order valence-corrected chi connectivity index (χ3v) is 2.99. The van der Waals surface area contributed by atoms with E-state index in [9.17, 15) is 9.59 Å². The number of carboxylic acids is 1. The van der Waals surface area contributed by atoms with Crippen molar-refractivity contribution < 1.29 is 14.7 Å². The minimum Gasteiger partial charge on any atom is -0.481 e. The average Bonchev–Trinajstić information content (AvgIpc) is 2.91. The van der Waals surface area contributed by atoms with Crippen LogP contribution in [0.3, 0.4) is 0 Å². The lowest BCUT2D eigenvalue weighted by Crippen LogP contribution is -2.43. The zero-order valence-electron chi connectivity index (χ0n) is 8.11. The minimum absolute atomic E-state index is 0.00204. The van der Waals surface area contributed by atoms with Gasteiger partial charge in [0.05, 0.1) is 6.42 Å². The Morgan fingerprint density at radius 2 is 2.14 bits per heavy atom. The first-order valence-corrected chi connectivity index (χ1v) is 5.21. The normalized spacial score (nSPS) is 27.9. The number of hydrogen-bond donors (Lipinski definition) is 1. The SMILES string of the molecule is O=C(O)CC1CCCN(C2CC2)C1=O. The maximum absolute atomic E-state index is 11.8. The van der Waals surface area contributed by atoms with Crippen molar-refractivity contribution in [1.82, 2.24) is 4.90 Å². The number of rotatable bonds is 3. The molecule has 2 aliphatic rings. The number of piperidine rings is 1. The third kappa shape index (κ3) is 1.89. The summed E-state index contributed by atoms with van der Waals surface area (Å²) in [4.78, 5) is 24.2. The van der Waals surface area contributed by atoms with E-state index in [1.165, 1.54) is 0 Å². The maximum atomic E-state index is 11.8. The van der Waals surface area contributed by atoms with Gasteiger partial charge in [-0.05, 0) is 25.7 Å². The summed E-state index contributed by atoms with van der Waals surface area (Å²) in [5.74, 6) is -1.05. The number of aliphatic carboxylic acids is 1. The summed E-state index contributed by atoms with van der Waals surface area (Å²) in [5.41, 5.74) is 0. The Balaban J connectivity index is 1.97. The zero-order chi connectivity index (χ0) is 10.1. The van der Waals surface area contributed by atoms with Gasteiger partial charge in [0.15, 0.2) is 0 Å². The van der Waals surface area contributed by atoms with Crippen LogP contribution in [0.2, 0.25) is 0 Å². The van der Waals surface area contributed by atoms with Gasteiger partial charge in [-0.25, -0.2) is 0 Å². The fraction of sp³-hybridized carbons (Fsp3) is 0.800. The molecule has 1 saturated heterocycles. The average molecular weight is 197 g/mol. The van der Waals surface area contributed by atoms with Crippen molar-refractivity contribution in [3.05, 3.63) is 0 Å². The van der Waals surface area contributed by atoms with Gasteiger partial charge in [-0.2, -0.15) is 0 Å². The molecule has 1 aliphatic carbocycles. The van der Waals surface area contributed by atoms with Gasteiger partial charge in [-0.1, -0.05) is 0 Å². The van der Waals surface area contributed by atoms with Crippen LogP contribution >= 0.6 is 0 Å². The smallest absolute Gasteiger partial charge is 0.304 e. The van der Waals surface area contributed by atoms with E-state index >= 15 is 0 Å². The molecule has 0 bridgehead atoms. The van der Waals surface area contributed by atoms with E-state index in [2.05, 4.69) is 0 Å². The van der Waals surface area contributed by atoms with E-state index < -0.39 is 5.97 Å². The predicted octanol–water partition coefficient (Wildman–Crippen LogP) is 0.862. The molecule has 1 N–H and O–H groups in total. The topological polar surface area (TPSA) is 57.6 Å². The number of hydrogen-bond acceptors (Lipinski definition) is 2. The summed E-state index contributed by atoms with van der Waals surface area (Å²) >= 11 is 0. The zero-order valence-corrected chi connectivity index (χ0v) is 8.11. The standard InChI is InChI=1S/C10H15NO3/c12-9(13)6-7-2-1-5-11(10(7)14)8-3-4-8/h7-8H,1-6H2,(H,12,13). The Bertz CT molecular complexity index is 260. The van der Waals surface area contributed by atoms with Crippen molar-refractivity contribution in [3.63, 3.8) is 0 Å².